The van der Waals surface area contributed by atoms with E-state index in [0.717, 1.165) is 50.2 Å². The number of carbonyl (C=O) groups is 2. The van der Waals surface area contributed by atoms with Gasteiger partial charge in [0, 0.05) is 18.8 Å². The number of carbonyl (C=O) groups excluding carboxylic acids is 1. The maximum absolute atomic E-state index is 14.2. The lowest BCUT2D eigenvalue weighted by atomic mass is 9.88. The molecule has 1 saturated heterocycles. The number of aromatic nitrogens is 1. The quantitative estimate of drug-likeness (QED) is 0.578. The molecule has 2 aliphatic rings. The zero-order chi connectivity index (χ0) is 22.7. The summed E-state index contributed by atoms with van der Waals surface area (Å²) in [5.74, 6) is -0.756. The largest absolute Gasteiger partial charge is 0.494 e. The Hall–Kier alpha value is -3.16. The minimum Gasteiger partial charge on any atom is -0.494 e. The van der Waals surface area contributed by atoms with Crippen LogP contribution in [-0.2, 0) is 22.4 Å². The highest BCUT2D eigenvalue weighted by Crippen LogP contribution is 2.36. The molecule has 7 nitrogen and oxygen atoms in total. The third kappa shape index (κ3) is 4.69. The van der Waals surface area contributed by atoms with Gasteiger partial charge >= 0.3 is 5.97 Å². The van der Waals surface area contributed by atoms with E-state index >= 15 is 0 Å². The first-order valence-electron chi connectivity index (χ1n) is 11.0. The standard InChI is InChI=1S/C24H28FN3O4/c1-32-21-10-8-16(12-19(21)25)20(13-22(29)30)28-14-17(24(28)31)4-2-6-18-9-7-15-5-3-11-26-23(15)27-18/h7-10,12,17,20H,2-6,11,13-14H2,1H3,(H,26,27)(H,29,30). The van der Waals surface area contributed by atoms with Crippen molar-refractivity contribution in [3.05, 3.63) is 53.0 Å². The lowest BCUT2D eigenvalue weighted by molar-refractivity contribution is -0.154. The molecule has 2 atom stereocenters. The van der Waals surface area contributed by atoms with E-state index in [1.54, 1.807) is 11.0 Å². The molecule has 170 valence electrons. The molecule has 0 aliphatic carbocycles. The number of hydrogen-bond donors (Lipinski definition) is 2. The van der Waals surface area contributed by atoms with E-state index < -0.39 is 17.8 Å². The molecule has 4 rings (SSSR count). The number of halogens is 1. The number of aryl methyl sites for hydroxylation is 2. The van der Waals surface area contributed by atoms with Crippen molar-refractivity contribution in [1.29, 1.82) is 0 Å². The Balaban J connectivity index is 1.34. The van der Waals surface area contributed by atoms with Crippen LogP contribution in [0.3, 0.4) is 0 Å². The van der Waals surface area contributed by atoms with Crippen LogP contribution in [0, 0.1) is 11.7 Å². The molecular weight excluding hydrogens is 413 g/mol. The number of benzene rings is 1. The monoisotopic (exact) mass is 441 g/mol. The van der Waals surface area contributed by atoms with Gasteiger partial charge in [-0.05, 0) is 61.4 Å². The number of hydrogen-bond acceptors (Lipinski definition) is 5. The molecule has 2 aromatic rings. The normalized spacial score (nSPS) is 18.4. The number of carboxylic acid groups (broad SMARTS) is 1. The highest BCUT2D eigenvalue weighted by molar-refractivity contribution is 5.85. The Morgan fingerprint density at radius 2 is 2.22 bits per heavy atom. The number of likely N-dealkylation sites (tertiary alicyclic amines) is 1. The number of anilines is 1. The second-order valence-electron chi connectivity index (χ2n) is 8.43. The van der Waals surface area contributed by atoms with Crippen molar-refractivity contribution in [3.63, 3.8) is 0 Å². The Morgan fingerprint density at radius 3 is 2.94 bits per heavy atom. The van der Waals surface area contributed by atoms with Crippen molar-refractivity contribution >= 4 is 17.7 Å². The summed E-state index contributed by atoms with van der Waals surface area (Å²) in [5, 5.41) is 12.7. The molecule has 2 aliphatic heterocycles. The maximum Gasteiger partial charge on any atom is 0.305 e. The number of ether oxygens (including phenoxy) is 1. The minimum absolute atomic E-state index is 0.0763. The van der Waals surface area contributed by atoms with Gasteiger partial charge in [-0.3, -0.25) is 9.59 Å². The summed E-state index contributed by atoms with van der Waals surface area (Å²) in [6.07, 6.45) is 4.25. The SMILES string of the molecule is COc1ccc(C(CC(=O)O)N2CC(CCCc3ccc4c(n3)NCCC4)C2=O)cc1F. The Bertz CT molecular complexity index is 1010. The Kier molecular flexibility index (Phi) is 6.58. The number of aliphatic carboxylic acids is 1. The molecule has 2 unspecified atom stereocenters. The van der Waals surface area contributed by atoms with Gasteiger partial charge in [-0.1, -0.05) is 12.1 Å². The summed E-state index contributed by atoms with van der Waals surface area (Å²) >= 11 is 0. The van der Waals surface area contributed by atoms with Crippen LogP contribution >= 0.6 is 0 Å². The second kappa shape index (κ2) is 9.54. The molecule has 0 saturated carbocycles. The number of rotatable bonds is 9. The van der Waals surface area contributed by atoms with Crippen LogP contribution in [0.15, 0.2) is 30.3 Å². The van der Waals surface area contributed by atoms with E-state index in [9.17, 15) is 19.1 Å². The Labute approximate surface area is 186 Å². The highest BCUT2D eigenvalue weighted by Gasteiger charge is 2.41. The number of fused-ring (bicyclic) bond motifs is 1. The smallest absolute Gasteiger partial charge is 0.305 e. The number of nitrogens with one attached hydrogen (secondary N) is 1. The zero-order valence-electron chi connectivity index (χ0n) is 18.1. The van der Waals surface area contributed by atoms with E-state index in [1.807, 2.05) is 0 Å². The predicted octanol–water partition coefficient (Wildman–Crippen LogP) is 3.58. The number of carboxylic acids is 1. The van der Waals surface area contributed by atoms with E-state index in [1.165, 1.54) is 24.8 Å². The van der Waals surface area contributed by atoms with Gasteiger partial charge in [-0.2, -0.15) is 0 Å². The van der Waals surface area contributed by atoms with E-state index in [4.69, 9.17) is 9.72 Å². The number of pyridine rings is 1. The average Bonchev–Trinajstić information content (AvgIpc) is 2.79. The van der Waals surface area contributed by atoms with Crippen LogP contribution in [0.1, 0.15) is 48.5 Å². The molecule has 3 heterocycles. The molecule has 1 aromatic heterocycles. The van der Waals surface area contributed by atoms with Crippen molar-refractivity contribution in [2.24, 2.45) is 5.92 Å². The van der Waals surface area contributed by atoms with Gasteiger partial charge in [0.25, 0.3) is 0 Å². The van der Waals surface area contributed by atoms with Crippen molar-refractivity contribution in [2.45, 2.75) is 44.6 Å². The third-order valence-electron chi connectivity index (χ3n) is 6.29. The van der Waals surface area contributed by atoms with E-state index in [0.29, 0.717) is 12.1 Å². The van der Waals surface area contributed by atoms with Crippen molar-refractivity contribution in [1.82, 2.24) is 9.88 Å². The Morgan fingerprint density at radius 1 is 1.38 bits per heavy atom. The summed E-state index contributed by atoms with van der Waals surface area (Å²) in [7, 11) is 1.37. The van der Waals surface area contributed by atoms with Crippen LogP contribution in [0.2, 0.25) is 0 Å². The first kappa shape index (κ1) is 22.0. The summed E-state index contributed by atoms with van der Waals surface area (Å²) < 4.78 is 19.1. The zero-order valence-corrected chi connectivity index (χ0v) is 18.1. The van der Waals surface area contributed by atoms with Gasteiger partial charge in [0.05, 0.1) is 25.5 Å². The van der Waals surface area contributed by atoms with Crippen molar-refractivity contribution in [2.75, 3.05) is 25.5 Å². The fourth-order valence-corrected chi connectivity index (χ4v) is 4.52. The topological polar surface area (TPSA) is 91.8 Å². The summed E-state index contributed by atoms with van der Waals surface area (Å²) in [4.78, 5) is 30.4. The fraction of sp³-hybridized carbons (Fsp3) is 0.458. The maximum atomic E-state index is 14.2. The summed E-state index contributed by atoms with van der Waals surface area (Å²) in [5.41, 5.74) is 2.73. The first-order chi connectivity index (χ1) is 15.5. The molecule has 8 heteroatoms. The summed E-state index contributed by atoms with van der Waals surface area (Å²) in [6, 6.07) is 7.83. The van der Waals surface area contributed by atoms with Crippen LogP contribution in [0.5, 0.6) is 5.75 Å². The van der Waals surface area contributed by atoms with Crippen LogP contribution in [0.4, 0.5) is 10.2 Å². The van der Waals surface area contributed by atoms with Crippen molar-refractivity contribution < 1.29 is 23.8 Å². The molecule has 32 heavy (non-hydrogen) atoms. The molecule has 0 radical (unpaired) electrons. The van der Waals surface area contributed by atoms with Gasteiger partial charge in [-0.15, -0.1) is 0 Å². The molecule has 1 fully saturated rings. The number of amides is 1. The molecule has 1 amide bonds. The molecule has 0 bridgehead atoms. The molecular formula is C24H28FN3O4. The van der Waals surface area contributed by atoms with Crippen LogP contribution < -0.4 is 10.1 Å². The van der Waals surface area contributed by atoms with Gasteiger partial charge < -0.3 is 20.1 Å². The number of nitrogens with zero attached hydrogens (tertiary/aromatic N) is 2. The second-order valence-corrected chi connectivity index (χ2v) is 8.43. The van der Waals surface area contributed by atoms with Crippen molar-refractivity contribution in [3.8, 4) is 5.75 Å². The van der Waals surface area contributed by atoms with Crippen LogP contribution in [0.25, 0.3) is 0 Å². The predicted molar refractivity (Wildman–Crippen MR) is 117 cm³/mol. The lowest BCUT2D eigenvalue weighted by Crippen LogP contribution is -2.54. The van der Waals surface area contributed by atoms with Crippen LogP contribution in [-0.4, -0.2) is 47.1 Å². The van der Waals surface area contributed by atoms with Gasteiger partial charge in [0.1, 0.15) is 5.82 Å². The van der Waals surface area contributed by atoms with Gasteiger partial charge in [-0.25, -0.2) is 9.37 Å². The summed E-state index contributed by atoms with van der Waals surface area (Å²) in [6.45, 7) is 1.43. The lowest BCUT2D eigenvalue weighted by Gasteiger charge is -2.43. The molecule has 2 N–H and O–H groups in total. The number of β-lactam (4-membered cyclic amide) rings is 1. The van der Waals surface area contributed by atoms with Gasteiger partial charge in [0.15, 0.2) is 11.6 Å². The molecule has 0 spiro atoms. The molecule has 1 aromatic carbocycles. The first-order valence-corrected chi connectivity index (χ1v) is 11.0. The van der Waals surface area contributed by atoms with E-state index in [-0.39, 0.29) is 24.0 Å². The third-order valence-corrected chi connectivity index (χ3v) is 6.29. The average molecular weight is 442 g/mol. The highest BCUT2D eigenvalue weighted by atomic mass is 19.1. The van der Waals surface area contributed by atoms with Gasteiger partial charge in [0.2, 0.25) is 5.91 Å². The minimum atomic E-state index is -1.03. The number of methoxy groups -OCH3 is 1. The van der Waals surface area contributed by atoms with E-state index in [2.05, 4.69) is 17.4 Å². The fourth-order valence-electron chi connectivity index (χ4n) is 4.52.